The van der Waals surface area contributed by atoms with Crippen molar-refractivity contribution in [3.05, 3.63) is 112 Å². The maximum atomic E-state index is 13.6. The van der Waals surface area contributed by atoms with Gasteiger partial charge in [0.05, 0.1) is 17.3 Å². The summed E-state index contributed by atoms with van der Waals surface area (Å²) in [6, 6.07) is 26.0. The molecule has 138 valence electrons. The van der Waals surface area contributed by atoms with Crippen LogP contribution in [-0.4, -0.2) is 10.9 Å². The van der Waals surface area contributed by atoms with E-state index in [0.29, 0.717) is 27.0 Å². The van der Waals surface area contributed by atoms with Gasteiger partial charge in [0.2, 0.25) is 0 Å². The summed E-state index contributed by atoms with van der Waals surface area (Å²) in [5.74, 6) is -0.0770. The molecule has 0 amide bonds. The van der Waals surface area contributed by atoms with Crippen LogP contribution in [0.25, 0.3) is 5.70 Å². The highest BCUT2D eigenvalue weighted by Gasteiger charge is 2.33. The lowest BCUT2D eigenvalue weighted by molar-refractivity contribution is 0.102. The monoisotopic (exact) mass is 404 g/mol. The van der Waals surface area contributed by atoms with Gasteiger partial charge in [0.15, 0.2) is 10.9 Å². The lowest BCUT2D eigenvalue weighted by Gasteiger charge is -2.32. The van der Waals surface area contributed by atoms with Crippen molar-refractivity contribution in [1.29, 1.82) is 0 Å². The minimum atomic E-state index is -0.453. The zero-order valence-corrected chi connectivity index (χ0v) is 16.4. The minimum absolute atomic E-state index is 0.0770. The normalized spacial score (nSPS) is 16.3. The van der Waals surface area contributed by atoms with E-state index in [1.807, 2.05) is 84.9 Å². The van der Waals surface area contributed by atoms with E-state index in [1.54, 1.807) is 0 Å². The Labute approximate surface area is 174 Å². The quantitative estimate of drug-likeness (QED) is 0.466. The third-order valence-corrected chi connectivity index (χ3v) is 5.20. The van der Waals surface area contributed by atoms with Gasteiger partial charge >= 0.3 is 0 Å². The largest absolute Gasteiger partial charge is 0.351 e. The van der Waals surface area contributed by atoms with Gasteiger partial charge in [0.1, 0.15) is 0 Å². The molecule has 2 N–H and O–H groups in total. The Morgan fingerprint density at radius 1 is 0.857 bits per heavy atom. The van der Waals surface area contributed by atoms with E-state index in [0.717, 1.165) is 11.1 Å². The highest BCUT2D eigenvalue weighted by molar-refractivity contribution is 7.80. The van der Waals surface area contributed by atoms with E-state index in [2.05, 4.69) is 10.6 Å². The van der Waals surface area contributed by atoms with E-state index in [9.17, 15) is 4.79 Å². The van der Waals surface area contributed by atoms with Gasteiger partial charge in [-0.25, -0.2) is 0 Å². The molecular formula is C23H17ClN2OS. The Balaban J connectivity index is 1.95. The molecule has 28 heavy (non-hydrogen) atoms. The molecule has 1 aliphatic heterocycles. The van der Waals surface area contributed by atoms with Crippen molar-refractivity contribution >= 4 is 40.4 Å². The van der Waals surface area contributed by atoms with E-state index >= 15 is 0 Å². The summed E-state index contributed by atoms with van der Waals surface area (Å²) >= 11 is 11.9. The number of hydrogen-bond acceptors (Lipinski definition) is 2. The first-order valence-electron chi connectivity index (χ1n) is 8.86. The van der Waals surface area contributed by atoms with Crippen molar-refractivity contribution in [2.75, 3.05) is 0 Å². The molecule has 3 aromatic rings. The van der Waals surface area contributed by atoms with Crippen LogP contribution in [0, 0.1) is 0 Å². The second-order valence-electron chi connectivity index (χ2n) is 6.40. The van der Waals surface area contributed by atoms with Gasteiger partial charge in [-0.1, -0.05) is 90.5 Å². The molecule has 0 fully saturated rings. The summed E-state index contributed by atoms with van der Waals surface area (Å²) in [7, 11) is 0. The van der Waals surface area contributed by atoms with Crippen molar-refractivity contribution in [3.8, 4) is 0 Å². The number of rotatable bonds is 4. The van der Waals surface area contributed by atoms with Crippen molar-refractivity contribution < 1.29 is 4.79 Å². The summed E-state index contributed by atoms with van der Waals surface area (Å²) in [5, 5.41) is 7.45. The fourth-order valence-electron chi connectivity index (χ4n) is 3.33. The van der Waals surface area contributed by atoms with Crippen molar-refractivity contribution in [2.45, 2.75) is 6.04 Å². The topological polar surface area (TPSA) is 41.1 Å². The maximum absolute atomic E-state index is 13.6. The Morgan fingerprint density at radius 2 is 1.46 bits per heavy atom. The first-order chi connectivity index (χ1) is 13.6. The molecule has 5 heteroatoms. The molecule has 1 atom stereocenters. The standard InChI is InChI=1S/C23H17ClN2OS/c24-18-14-8-7-13-17(18)21-19(22(27)16-11-5-2-6-12-16)20(25-23(28)26-21)15-9-3-1-4-10-15/h1-14,21H,(H2,25,26,28)/t21-/m1/s1. The maximum Gasteiger partial charge on any atom is 0.193 e. The van der Waals surface area contributed by atoms with Crippen molar-refractivity contribution in [3.63, 3.8) is 0 Å². The number of ketones is 1. The number of carbonyl (C=O) groups is 1. The van der Waals surface area contributed by atoms with Gasteiger partial charge in [-0.2, -0.15) is 0 Å². The van der Waals surface area contributed by atoms with Crippen molar-refractivity contribution in [1.82, 2.24) is 10.6 Å². The number of nitrogens with one attached hydrogen (secondary N) is 2. The lowest BCUT2D eigenvalue weighted by Crippen LogP contribution is -2.45. The minimum Gasteiger partial charge on any atom is -0.351 e. The molecule has 0 aliphatic carbocycles. The zero-order valence-electron chi connectivity index (χ0n) is 14.9. The first kappa shape index (κ1) is 18.4. The first-order valence-corrected chi connectivity index (χ1v) is 9.65. The molecule has 0 unspecified atom stereocenters. The second kappa shape index (κ2) is 7.97. The van der Waals surface area contributed by atoms with Crippen LogP contribution in [0.1, 0.15) is 27.5 Å². The molecule has 0 bridgehead atoms. The van der Waals surface area contributed by atoms with Crippen LogP contribution >= 0.6 is 23.8 Å². The van der Waals surface area contributed by atoms with Crippen LogP contribution in [0.3, 0.4) is 0 Å². The van der Waals surface area contributed by atoms with Gasteiger partial charge < -0.3 is 10.6 Å². The molecule has 0 radical (unpaired) electrons. The van der Waals surface area contributed by atoms with Gasteiger partial charge in [0.25, 0.3) is 0 Å². The molecule has 4 rings (SSSR count). The Bertz CT molecular complexity index is 1060. The van der Waals surface area contributed by atoms with Crippen LogP contribution in [0.2, 0.25) is 5.02 Å². The SMILES string of the molecule is O=C(C1=C(c2ccccc2)NC(=S)N[C@@H]1c1ccccc1Cl)c1ccccc1. The average molecular weight is 405 g/mol. The Kier molecular flexibility index (Phi) is 5.24. The molecular weight excluding hydrogens is 388 g/mol. The molecule has 0 saturated heterocycles. The van der Waals surface area contributed by atoms with Crippen molar-refractivity contribution in [2.24, 2.45) is 0 Å². The number of halogens is 1. The molecule has 0 aromatic heterocycles. The summed E-state index contributed by atoms with van der Waals surface area (Å²) in [5.41, 5.74) is 3.59. The fraction of sp³-hybridized carbons (Fsp3) is 0.0435. The molecule has 0 spiro atoms. The van der Waals surface area contributed by atoms with Crippen LogP contribution in [0.5, 0.6) is 0 Å². The Morgan fingerprint density at radius 3 is 2.14 bits per heavy atom. The number of hydrogen-bond donors (Lipinski definition) is 2. The molecule has 0 saturated carbocycles. The number of thiocarbonyl (C=S) groups is 1. The predicted molar refractivity (Wildman–Crippen MR) is 117 cm³/mol. The average Bonchev–Trinajstić information content (AvgIpc) is 2.74. The van der Waals surface area contributed by atoms with Gasteiger partial charge in [-0.3, -0.25) is 4.79 Å². The van der Waals surface area contributed by atoms with E-state index < -0.39 is 6.04 Å². The summed E-state index contributed by atoms with van der Waals surface area (Å²) < 4.78 is 0. The van der Waals surface area contributed by atoms with E-state index in [1.165, 1.54) is 0 Å². The highest BCUT2D eigenvalue weighted by atomic mass is 35.5. The number of benzene rings is 3. The van der Waals surface area contributed by atoms with Crippen LogP contribution in [0.4, 0.5) is 0 Å². The predicted octanol–water partition coefficient (Wildman–Crippen LogP) is 5.15. The summed E-state index contributed by atoms with van der Waals surface area (Å²) in [6.07, 6.45) is 0. The molecule has 3 aromatic carbocycles. The highest BCUT2D eigenvalue weighted by Crippen LogP contribution is 2.36. The van der Waals surface area contributed by atoms with Gasteiger partial charge in [-0.15, -0.1) is 0 Å². The summed E-state index contributed by atoms with van der Waals surface area (Å²) in [4.78, 5) is 13.6. The fourth-order valence-corrected chi connectivity index (χ4v) is 3.79. The van der Waals surface area contributed by atoms with E-state index in [4.69, 9.17) is 23.8 Å². The second-order valence-corrected chi connectivity index (χ2v) is 7.22. The summed E-state index contributed by atoms with van der Waals surface area (Å²) in [6.45, 7) is 0. The van der Waals surface area contributed by atoms with Crippen LogP contribution < -0.4 is 10.6 Å². The third kappa shape index (κ3) is 3.57. The Hall–Kier alpha value is -2.95. The zero-order chi connectivity index (χ0) is 19.5. The number of carbonyl (C=O) groups excluding carboxylic acids is 1. The van der Waals surface area contributed by atoms with Crippen LogP contribution in [0.15, 0.2) is 90.5 Å². The van der Waals surface area contributed by atoms with Gasteiger partial charge in [0, 0.05) is 10.6 Å². The third-order valence-electron chi connectivity index (χ3n) is 4.63. The lowest BCUT2D eigenvalue weighted by atomic mass is 9.87. The van der Waals surface area contributed by atoms with Gasteiger partial charge in [-0.05, 0) is 29.4 Å². The molecule has 1 aliphatic rings. The number of Topliss-reactive ketones (excluding diaryl/α,β-unsaturated/α-hetero) is 1. The van der Waals surface area contributed by atoms with E-state index in [-0.39, 0.29) is 5.78 Å². The molecule has 3 nitrogen and oxygen atoms in total. The smallest absolute Gasteiger partial charge is 0.193 e. The molecule has 1 heterocycles. The van der Waals surface area contributed by atoms with Crippen LogP contribution in [-0.2, 0) is 0 Å².